The van der Waals surface area contributed by atoms with Crippen LogP contribution in [0.2, 0.25) is 0 Å². The van der Waals surface area contributed by atoms with E-state index in [-0.39, 0.29) is 11.8 Å². The third-order valence-electron chi connectivity index (χ3n) is 2.89. The van der Waals surface area contributed by atoms with Crippen molar-refractivity contribution < 1.29 is 14.3 Å². The van der Waals surface area contributed by atoms with Gasteiger partial charge in [0.1, 0.15) is 12.4 Å². The van der Waals surface area contributed by atoms with Crippen LogP contribution < -0.4 is 16.0 Å². The lowest BCUT2D eigenvalue weighted by Crippen LogP contribution is -2.36. The van der Waals surface area contributed by atoms with Crippen molar-refractivity contribution in [2.75, 3.05) is 40.8 Å². The van der Waals surface area contributed by atoms with E-state index in [0.29, 0.717) is 31.0 Å². The number of nitrogens with two attached hydrogens (primary N) is 1. The Morgan fingerprint density at radius 2 is 1.81 bits per heavy atom. The zero-order valence-electron chi connectivity index (χ0n) is 12.6. The number of nitrogen functional groups attached to an aromatic ring is 1. The number of ether oxygens (including phenoxy) is 1. The summed E-state index contributed by atoms with van der Waals surface area (Å²) in [6.07, 6.45) is 0. The van der Waals surface area contributed by atoms with Crippen molar-refractivity contribution in [2.45, 2.75) is 0 Å². The van der Waals surface area contributed by atoms with Crippen molar-refractivity contribution in [3.63, 3.8) is 0 Å². The number of hydrazine groups is 1. The Balaban J connectivity index is 2.35. The molecule has 0 fully saturated rings. The van der Waals surface area contributed by atoms with E-state index in [2.05, 4.69) is 5.43 Å². The highest BCUT2D eigenvalue weighted by Gasteiger charge is 2.08. The Morgan fingerprint density at radius 3 is 2.33 bits per heavy atom. The molecule has 7 heteroatoms. The van der Waals surface area contributed by atoms with Gasteiger partial charge in [0.25, 0.3) is 5.91 Å². The summed E-state index contributed by atoms with van der Waals surface area (Å²) >= 11 is 0. The van der Waals surface area contributed by atoms with E-state index >= 15 is 0 Å². The van der Waals surface area contributed by atoms with Gasteiger partial charge in [-0.3, -0.25) is 19.9 Å². The molecule has 0 heterocycles. The Hall–Kier alpha value is -2.12. The zero-order valence-corrected chi connectivity index (χ0v) is 12.6. The SMILES string of the molecule is CN(CCOc1ccc(C(=O)NN)cc1)CC(=O)N(C)C. The maximum Gasteiger partial charge on any atom is 0.265 e. The smallest absolute Gasteiger partial charge is 0.265 e. The number of nitrogens with zero attached hydrogens (tertiary/aromatic N) is 2. The van der Waals surface area contributed by atoms with Gasteiger partial charge >= 0.3 is 0 Å². The highest BCUT2D eigenvalue weighted by Crippen LogP contribution is 2.11. The van der Waals surface area contributed by atoms with Crippen LogP contribution in [0.1, 0.15) is 10.4 Å². The third-order valence-corrected chi connectivity index (χ3v) is 2.89. The maximum absolute atomic E-state index is 11.5. The molecule has 0 bridgehead atoms. The summed E-state index contributed by atoms with van der Waals surface area (Å²) in [6.45, 7) is 1.44. The van der Waals surface area contributed by atoms with Crippen LogP contribution in [0.15, 0.2) is 24.3 Å². The molecule has 0 unspecified atom stereocenters. The van der Waals surface area contributed by atoms with Gasteiger partial charge in [0.2, 0.25) is 5.91 Å². The standard InChI is InChI=1S/C14H22N4O3/c1-17(2)13(19)10-18(3)8-9-21-12-6-4-11(5-7-12)14(20)16-15/h4-7H,8-10,15H2,1-3H3,(H,16,20). The number of amides is 2. The number of nitrogens with one attached hydrogen (secondary N) is 1. The lowest BCUT2D eigenvalue weighted by molar-refractivity contribution is -0.129. The molecule has 0 aliphatic carbocycles. The number of hydrogen-bond donors (Lipinski definition) is 2. The van der Waals surface area contributed by atoms with Crippen LogP contribution >= 0.6 is 0 Å². The van der Waals surface area contributed by atoms with E-state index in [0.717, 1.165) is 0 Å². The molecule has 0 aliphatic rings. The molecule has 7 nitrogen and oxygen atoms in total. The Labute approximate surface area is 124 Å². The second-order valence-electron chi connectivity index (χ2n) is 4.87. The summed E-state index contributed by atoms with van der Waals surface area (Å²) < 4.78 is 5.56. The summed E-state index contributed by atoms with van der Waals surface area (Å²) in [7, 11) is 5.32. The lowest BCUT2D eigenvalue weighted by atomic mass is 10.2. The Kier molecular flexibility index (Phi) is 6.64. The van der Waals surface area contributed by atoms with Crippen molar-refractivity contribution in [1.82, 2.24) is 15.2 Å². The van der Waals surface area contributed by atoms with E-state index in [9.17, 15) is 9.59 Å². The molecular weight excluding hydrogens is 272 g/mol. The highest BCUT2D eigenvalue weighted by molar-refractivity contribution is 5.93. The summed E-state index contributed by atoms with van der Waals surface area (Å²) in [5.74, 6) is 5.42. The van der Waals surface area contributed by atoms with Gasteiger partial charge in [-0.2, -0.15) is 0 Å². The lowest BCUT2D eigenvalue weighted by Gasteiger charge is -2.19. The van der Waals surface area contributed by atoms with E-state index in [1.165, 1.54) is 0 Å². The molecule has 0 saturated heterocycles. The van der Waals surface area contributed by atoms with Crippen molar-refractivity contribution in [1.29, 1.82) is 0 Å². The van der Waals surface area contributed by atoms with Crippen molar-refractivity contribution in [3.8, 4) is 5.75 Å². The summed E-state index contributed by atoms with van der Waals surface area (Å²) in [6, 6.07) is 6.68. The molecular formula is C14H22N4O3. The van der Waals surface area contributed by atoms with Crippen LogP contribution in [-0.4, -0.2) is 62.5 Å². The minimum atomic E-state index is -0.344. The van der Waals surface area contributed by atoms with Gasteiger partial charge in [0.15, 0.2) is 0 Å². The molecule has 0 aliphatic heterocycles. The Morgan fingerprint density at radius 1 is 1.19 bits per heavy atom. The van der Waals surface area contributed by atoms with Gasteiger partial charge in [-0.25, -0.2) is 5.84 Å². The second-order valence-corrected chi connectivity index (χ2v) is 4.87. The largest absolute Gasteiger partial charge is 0.492 e. The van der Waals surface area contributed by atoms with Gasteiger partial charge in [0, 0.05) is 26.2 Å². The van der Waals surface area contributed by atoms with Crippen LogP contribution in [0.5, 0.6) is 5.75 Å². The molecule has 2 amide bonds. The molecule has 0 spiro atoms. The average molecular weight is 294 g/mol. The molecule has 1 aromatic carbocycles. The van der Waals surface area contributed by atoms with Gasteiger partial charge in [-0.15, -0.1) is 0 Å². The molecule has 0 radical (unpaired) electrons. The second kappa shape index (κ2) is 8.23. The maximum atomic E-state index is 11.5. The van der Waals surface area contributed by atoms with Crippen molar-refractivity contribution >= 4 is 11.8 Å². The van der Waals surface area contributed by atoms with Crippen molar-refractivity contribution in [2.24, 2.45) is 5.84 Å². The Bertz CT molecular complexity index is 474. The summed E-state index contributed by atoms with van der Waals surface area (Å²) in [5.41, 5.74) is 2.53. The summed E-state index contributed by atoms with van der Waals surface area (Å²) in [5, 5.41) is 0. The molecule has 0 saturated carbocycles. The average Bonchev–Trinajstić information content (AvgIpc) is 2.47. The predicted molar refractivity (Wildman–Crippen MR) is 79.8 cm³/mol. The van der Waals surface area contributed by atoms with E-state index in [1.54, 1.807) is 43.3 Å². The molecule has 21 heavy (non-hydrogen) atoms. The van der Waals surface area contributed by atoms with E-state index < -0.39 is 0 Å². The zero-order chi connectivity index (χ0) is 15.8. The highest BCUT2D eigenvalue weighted by atomic mass is 16.5. The topological polar surface area (TPSA) is 87.9 Å². The molecule has 1 rings (SSSR count). The van der Waals surface area contributed by atoms with Crippen molar-refractivity contribution in [3.05, 3.63) is 29.8 Å². The number of carbonyl (C=O) groups is 2. The van der Waals surface area contributed by atoms with Gasteiger partial charge < -0.3 is 9.64 Å². The minimum absolute atomic E-state index is 0.0506. The molecule has 0 atom stereocenters. The quantitative estimate of drug-likeness (QED) is 0.409. The van der Waals surface area contributed by atoms with E-state index in [1.807, 2.05) is 11.9 Å². The van der Waals surface area contributed by atoms with Gasteiger partial charge in [-0.05, 0) is 31.3 Å². The van der Waals surface area contributed by atoms with Gasteiger partial charge in [0.05, 0.1) is 6.54 Å². The fourth-order valence-corrected chi connectivity index (χ4v) is 1.56. The fourth-order valence-electron chi connectivity index (χ4n) is 1.56. The molecule has 116 valence electrons. The van der Waals surface area contributed by atoms with Gasteiger partial charge in [-0.1, -0.05) is 0 Å². The third kappa shape index (κ3) is 5.80. The number of carbonyl (C=O) groups excluding carboxylic acids is 2. The predicted octanol–water partition coefficient (Wildman–Crippen LogP) is -0.311. The van der Waals surface area contributed by atoms with Crippen LogP contribution in [0.25, 0.3) is 0 Å². The van der Waals surface area contributed by atoms with E-state index in [4.69, 9.17) is 10.6 Å². The molecule has 0 aromatic heterocycles. The van der Waals surface area contributed by atoms with Crippen LogP contribution in [0.3, 0.4) is 0 Å². The number of benzene rings is 1. The van der Waals surface area contributed by atoms with Crippen LogP contribution in [0, 0.1) is 0 Å². The molecule has 3 N–H and O–H groups in total. The minimum Gasteiger partial charge on any atom is -0.492 e. The first-order valence-electron chi connectivity index (χ1n) is 6.56. The molecule has 1 aromatic rings. The normalized spacial score (nSPS) is 10.3. The number of hydrogen-bond acceptors (Lipinski definition) is 5. The summed E-state index contributed by atoms with van der Waals surface area (Å²) in [4.78, 5) is 26.2. The first-order valence-corrected chi connectivity index (χ1v) is 6.56. The number of likely N-dealkylation sites (N-methyl/N-ethyl adjacent to an activating group) is 2. The first kappa shape index (κ1) is 16.9. The van der Waals surface area contributed by atoms with Crippen LogP contribution in [0.4, 0.5) is 0 Å². The first-order chi connectivity index (χ1) is 9.93. The number of rotatable bonds is 7. The fraction of sp³-hybridized carbons (Fsp3) is 0.429. The monoisotopic (exact) mass is 294 g/mol. The van der Waals surface area contributed by atoms with Crippen LogP contribution in [-0.2, 0) is 4.79 Å².